The minimum atomic E-state index is -0.755. The zero-order valence-electron chi connectivity index (χ0n) is 13.6. The monoisotopic (exact) mass is 379 g/mol. The predicted octanol–water partition coefficient (Wildman–Crippen LogP) is 2.97. The van der Waals surface area contributed by atoms with Crippen LogP contribution in [0.1, 0.15) is 5.56 Å². The van der Waals surface area contributed by atoms with Crippen LogP contribution in [0.25, 0.3) is 0 Å². The van der Waals surface area contributed by atoms with Crippen molar-refractivity contribution in [2.24, 2.45) is 0 Å². The average Bonchev–Trinajstić information content (AvgIpc) is 2.63. The third kappa shape index (κ3) is 4.43. The Morgan fingerprint density at radius 1 is 1.15 bits per heavy atom. The highest BCUT2D eigenvalue weighted by molar-refractivity contribution is 6.31. The fraction of sp³-hybridized carbons (Fsp3) is 0.222. The van der Waals surface area contributed by atoms with Crippen molar-refractivity contribution < 1.29 is 28.2 Å². The second-order valence-corrected chi connectivity index (χ2v) is 5.85. The summed E-state index contributed by atoms with van der Waals surface area (Å²) >= 11 is 5.85. The number of rotatable bonds is 5. The maximum absolute atomic E-state index is 13.6. The molecule has 0 aliphatic carbocycles. The van der Waals surface area contributed by atoms with E-state index >= 15 is 0 Å². The maximum Gasteiger partial charge on any atom is 0.310 e. The smallest absolute Gasteiger partial charge is 0.310 e. The lowest BCUT2D eigenvalue weighted by atomic mass is 10.1. The highest BCUT2D eigenvalue weighted by Crippen LogP contribution is 2.32. The first-order valence-electron chi connectivity index (χ1n) is 7.81. The molecule has 26 heavy (non-hydrogen) atoms. The Balaban J connectivity index is 1.51. The van der Waals surface area contributed by atoms with Crippen molar-refractivity contribution in [2.75, 3.05) is 25.1 Å². The molecule has 0 bridgehead atoms. The van der Waals surface area contributed by atoms with Gasteiger partial charge >= 0.3 is 5.97 Å². The highest BCUT2D eigenvalue weighted by atomic mass is 35.5. The molecule has 0 saturated carbocycles. The Labute approximate surface area is 153 Å². The van der Waals surface area contributed by atoms with Gasteiger partial charge in [0.25, 0.3) is 5.91 Å². The maximum atomic E-state index is 13.6. The van der Waals surface area contributed by atoms with Crippen molar-refractivity contribution in [3.63, 3.8) is 0 Å². The van der Waals surface area contributed by atoms with Crippen LogP contribution in [0.15, 0.2) is 36.4 Å². The lowest BCUT2D eigenvalue weighted by Gasteiger charge is -2.19. The molecule has 1 aliphatic rings. The molecule has 0 saturated heterocycles. The van der Waals surface area contributed by atoms with Crippen LogP contribution in [0.2, 0.25) is 5.02 Å². The van der Waals surface area contributed by atoms with E-state index in [1.807, 2.05) is 0 Å². The third-order valence-electron chi connectivity index (χ3n) is 3.57. The first-order valence-corrected chi connectivity index (χ1v) is 8.19. The standard InChI is InChI=1S/C18H15ClFNO5/c19-13-2-1-3-14(20)12(13)9-18(23)26-10-17(22)21-11-4-5-15-16(8-11)25-7-6-24-15/h1-5,8H,6-7,9-10H2,(H,21,22). The average molecular weight is 380 g/mol. The number of nitrogens with one attached hydrogen (secondary N) is 1. The Morgan fingerprint density at radius 3 is 2.69 bits per heavy atom. The molecule has 1 N–H and O–H groups in total. The minimum Gasteiger partial charge on any atom is -0.486 e. The van der Waals surface area contributed by atoms with E-state index in [1.165, 1.54) is 18.2 Å². The molecule has 2 aromatic rings. The first-order chi connectivity index (χ1) is 12.5. The second-order valence-electron chi connectivity index (χ2n) is 5.44. The van der Waals surface area contributed by atoms with Crippen LogP contribution in [0.5, 0.6) is 11.5 Å². The number of hydrogen-bond donors (Lipinski definition) is 1. The van der Waals surface area contributed by atoms with E-state index in [0.29, 0.717) is 30.4 Å². The zero-order valence-corrected chi connectivity index (χ0v) is 14.3. The summed E-state index contributed by atoms with van der Waals surface area (Å²) in [4.78, 5) is 23.7. The quantitative estimate of drug-likeness (QED) is 0.808. The van der Waals surface area contributed by atoms with Gasteiger partial charge in [-0.1, -0.05) is 17.7 Å². The molecule has 3 rings (SSSR count). The van der Waals surface area contributed by atoms with E-state index in [2.05, 4.69) is 5.32 Å². The van der Waals surface area contributed by atoms with Gasteiger partial charge in [0.2, 0.25) is 0 Å². The Bertz CT molecular complexity index is 822. The molecule has 0 atom stereocenters. The third-order valence-corrected chi connectivity index (χ3v) is 3.93. The van der Waals surface area contributed by atoms with Crippen molar-refractivity contribution in [2.45, 2.75) is 6.42 Å². The number of amides is 1. The summed E-state index contributed by atoms with van der Waals surface area (Å²) < 4.78 is 29.3. The molecule has 0 unspecified atom stereocenters. The summed E-state index contributed by atoms with van der Waals surface area (Å²) in [5.41, 5.74) is 0.513. The number of halogens is 2. The fourth-order valence-corrected chi connectivity index (χ4v) is 2.59. The molecule has 8 heteroatoms. The molecule has 0 aromatic heterocycles. The minimum absolute atomic E-state index is 0.0337. The van der Waals surface area contributed by atoms with Crippen molar-refractivity contribution >= 4 is 29.2 Å². The molecule has 6 nitrogen and oxygen atoms in total. The van der Waals surface area contributed by atoms with Gasteiger partial charge in [0.15, 0.2) is 18.1 Å². The van der Waals surface area contributed by atoms with Gasteiger partial charge in [0, 0.05) is 22.3 Å². The number of anilines is 1. The number of esters is 1. The van der Waals surface area contributed by atoms with E-state index in [1.54, 1.807) is 18.2 Å². The topological polar surface area (TPSA) is 73.9 Å². The van der Waals surface area contributed by atoms with E-state index < -0.39 is 24.3 Å². The molecule has 136 valence electrons. The van der Waals surface area contributed by atoms with Crippen LogP contribution in [0, 0.1) is 5.82 Å². The van der Waals surface area contributed by atoms with Gasteiger partial charge in [-0.3, -0.25) is 9.59 Å². The van der Waals surface area contributed by atoms with Gasteiger partial charge < -0.3 is 19.5 Å². The number of ether oxygens (including phenoxy) is 3. The van der Waals surface area contributed by atoms with E-state index in [0.717, 1.165) is 0 Å². The van der Waals surface area contributed by atoms with E-state index in [-0.39, 0.29) is 17.0 Å². The van der Waals surface area contributed by atoms with Gasteiger partial charge in [-0.25, -0.2) is 4.39 Å². The molecule has 1 heterocycles. The summed E-state index contributed by atoms with van der Waals surface area (Å²) in [5, 5.41) is 2.71. The fourth-order valence-electron chi connectivity index (χ4n) is 2.36. The Hall–Kier alpha value is -2.80. The number of hydrogen-bond acceptors (Lipinski definition) is 5. The van der Waals surface area contributed by atoms with Gasteiger partial charge in [-0.15, -0.1) is 0 Å². The molecule has 1 amide bonds. The largest absolute Gasteiger partial charge is 0.486 e. The highest BCUT2D eigenvalue weighted by Gasteiger charge is 2.16. The molecule has 0 fully saturated rings. The normalized spacial score (nSPS) is 12.4. The molecule has 1 aliphatic heterocycles. The molecule has 2 aromatic carbocycles. The Morgan fingerprint density at radius 2 is 1.92 bits per heavy atom. The zero-order chi connectivity index (χ0) is 18.5. The lowest BCUT2D eigenvalue weighted by molar-refractivity contribution is -0.146. The van der Waals surface area contributed by atoms with Gasteiger partial charge in [-0.2, -0.15) is 0 Å². The van der Waals surface area contributed by atoms with Crippen LogP contribution < -0.4 is 14.8 Å². The van der Waals surface area contributed by atoms with E-state index in [9.17, 15) is 14.0 Å². The predicted molar refractivity (Wildman–Crippen MR) is 92.1 cm³/mol. The summed E-state index contributed by atoms with van der Waals surface area (Å²) in [6.07, 6.45) is -0.358. The van der Waals surface area contributed by atoms with Gasteiger partial charge in [0.05, 0.1) is 6.42 Å². The van der Waals surface area contributed by atoms with Crippen LogP contribution >= 0.6 is 11.6 Å². The summed E-state index contributed by atoms with van der Waals surface area (Å²) in [6, 6.07) is 9.05. The molecular formula is C18H15ClFNO5. The van der Waals surface area contributed by atoms with Crippen molar-refractivity contribution in [1.82, 2.24) is 0 Å². The summed E-state index contributed by atoms with van der Waals surface area (Å²) in [5.74, 6) is -0.762. The van der Waals surface area contributed by atoms with Crippen LogP contribution in [0.4, 0.5) is 10.1 Å². The van der Waals surface area contributed by atoms with Crippen LogP contribution in [0.3, 0.4) is 0 Å². The Kier molecular flexibility index (Phi) is 5.58. The van der Waals surface area contributed by atoms with Crippen molar-refractivity contribution in [3.8, 4) is 11.5 Å². The van der Waals surface area contributed by atoms with Gasteiger partial charge in [0.1, 0.15) is 19.0 Å². The van der Waals surface area contributed by atoms with Crippen LogP contribution in [-0.2, 0) is 20.7 Å². The number of carbonyl (C=O) groups is 2. The second kappa shape index (κ2) is 8.05. The van der Waals surface area contributed by atoms with Crippen molar-refractivity contribution in [1.29, 1.82) is 0 Å². The van der Waals surface area contributed by atoms with Gasteiger partial charge in [-0.05, 0) is 24.3 Å². The lowest BCUT2D eigenvalue weighted by Crippen LogP contribution is -2.22. The molecule has 0 radical (unpaired) electrons. The first kappa shape index (κ1) is 18.0. The number of benzene rings is 2. The number of fused-ring (bicyclic) bond motifs is 1. The SMILES string of the molecule is O=C(COC(=O)Cc1c(F)cccc1Cl)Nc1ccc2c(c1)OCCO2. The summed E-state index contributed by atoms with van der Waals surface area (Å²) in [6.45, 7) is 0.403. The van der Waals surface area contributed by atoms with Crippen molar-refractivity contribution in [3.05, 3.63) is 52.8 Å². The number of carbonyl (C=O) groups excluding carboxylic acids is 2. The van der Waals surface area contributed by atoms with E-state index in [4.69, 9.17) is 25.8 Å². The molecular weight excluding hydrogens is 365 g/mol. The molecule has 0 spiro atoms. The van der Waals surface area contributed by atoms with Crippen LogP contribution in [-0.4, -0.2) is 31.7 Å². The summed E-state index contributed by atoms with van der Waals surface area (Å²) in [7, 11) is 0.